The summed E-state index contributed by atoms with van der Waals surface area (Å²) in [6, 6.07) is 8.01. The highest BCUT2D eigenvalue weighted by atomic mass is 14.9. The van der Waals surface area contributed by atoms with E-state index >= 15 is 0 Å². The maximum absolute atomic E-state index is 5.75. The number of anilines is 2. The van der Waals surface area contributed by atoms with Crippen molar-refractivity contribution < 1.29 is 0 Å². The standard InChI is InChI=1S/C15H24N2/c1-12-5-7-13(8-6-12)9-10-17-15-4-2-3-14(16)11-15/h2-4,11-13,17H,5-10,16H2,1H3. The van der Waals surface area contributed by atoms with E-state index in [0.717, 1.165) is 29.8 Å². The summed E-state index contributed by atoms with van der Waals surface area (Å²) in [6.45, 7) is 3.45. The van der Waals surface area contributed by atoms with Crippen molar-refractivity contribution in [1.82, 2.24) is 0 Å². The van der Waals surface area contributed by atoms with E-state index in [4.69, 9.17) is 5.73 Å². The van der Waals surface area contributed by atoms with Gasteiger partial charge in [-0.15, -0.1) is 0 Å². The molecule has 0 spiro atoms. The van der Waals surface area contributed by atoms with Crippen LogP contribution in [0.15, 0.2) is 24.3 Å². The molecule has 3 N–H and O–H groups in total. The molecule has 0 bridgehead atoms. The van der Waals surface area contributed by atoms with Crippen LogP contribution in [0.1, 0.15) is 39.0 Å². The van der Waals surface area contributed by atoms with Crippen LogP contribution in [-0.2, 0) is 0 Å². The molecule has 0 saturated heterocycles. The molecule has 0 aliphatic heterocycles. The number of hydrogen-bond acceptors (Lipinski definition) is 2. The number of rotatable bonds is 4. The smallest absolute Gasteiger partial charge is 0.0360 e. The molecule has 17 heavy (non-hydrogen) atoms. The van der Waals surface area contributed by atoms with Crippen molar-refractivity contribution in [2.24, 2.45) is 11.8 Å². The Morgan fingerprint density at radius 1 is 1.24 bits per heavy atom. The average molecular weight is 232 g/mol. The Balaban J connectivity index is 1.69. The van der Waals surface area contributed by atoms with Gasteiger partial charge in [-0.2, -0.15) is 0 Å². The quantitative estimate of drug-likeness (QED) is 0.773. The lowest BCUT2D eigenvalue weighted by Gasteiger charge is -2.26. The van der Waals surface area contributed by atoms with Crippen molar-refractivity contribution in [2.75, 3.05) is 17.6 Å². The molecule has 1 aromatic rings. The molecule has 2 nitrogen and oxygen atoms in total. The third-order valence-corrected chi connectivity index (χ3v) is 3.90. The molecule has 2 rings (SSSR count). The Morgan fingerprint density at radius 3 is 2.71 bits per heavy atom. The van der Waals surface area contributed by atoms with E-state index < -0.39 is 0 Å². The van der Waals surface area contributed by atoms with E-state index in [2.05, 4.69) is 18.3 Å². The van der Waals surface area contributed by atoms with Gasteiger partial charge in [0.25, 0.3) is 0 Å². The van der Waals surface area contributed by atoms with Gasteiger partial charge in [0.15, 0.2) is 0 Å². The summed E-state index contributed by atoms with van der Waals surface area (Å²) in [6.07, 6.45) is 6.97. The minimum absolute atomic E-state index is 0.835. The van der Waals surface area contributed by atoms with E-state index in [0.29, 0.717) is 0 Å². The van der Waals surface area contributed by atoms with Crippen molar-refractivity contribution in [3.05, 3.63) is 24.3 Å². The third kappa shape index (κ3) is 3.95. The van der Waals surface area contributed by atoms with Crippen LogP contribution in [0.5, 0.6) is 0 Å². The first-order valence-electron chi connectivity index (χ1n) is 6.83. The topological polar surface area (TPSA) is 38.0 Å². The number of hydrogen-bond donors (Lipinski definition) is 2. The van der Waals surface area contributed by atoms with Gasteiger partial charge in [0, 0.05) is 17.9 Å². The summed E-state index contributed by atoms with van der Waals surface area (Å²) in [5, 5.41) is 3.46. The van der Waals surface area contributed by atoms with Gasteiger partial charge in [0.05, 0.1) is 0 Å². The van der Waals surface area contributed by atoms with Gasteiger partial charge in [-0.05, 0) is 36.5 Å². The zero-order chi connectivity index (χ0) is 12.1. The second-order valence-electron chi connectivity index (χ2n) is 5.47. The van der Waals surface area contributed by atoms with Gasteiger partial charge in [0.2, 0.25) is 0 Å². The van der Waals surface area contributed by atoms with Crippen LogP contribution in [0, 0.1) is 11.8 Å². The maximum Gasteiger partial charge on any atom is 0.0360 e. The van der Waals surface area contributed by atoms with Crippen molar-refractivity contribution in [3.63, 3.8) is 0 Å². The first-order valence-corrected chi connectivity index (χ1v) is 6.83. The zero-order valence-corrected chi connectivity index (χ0v) is 10.8. The van der Waals surface area contributed by atoms with E-state index in [1.165, 1.54) is 32.1 Å². The molecule has 94 valence electrons. The Kier molecular flexibility index (Phi) is 4.29. The normalized spacial score (nSPS) is 24.5. The number of nitrogens with one attached hydrogen (secondary N) is 1. The molecule has 0 atom stereocenters. The molecular formula is C15H24N2. The van der Waals surface area contributed by atoms with Gasteiger partial charge >= 0.3 is 0 Å². The Bertz CT molecular complexity index is 341. The number of nitrogens with two attached hydrogens (primary N) is 1. The van der Waals surface area contributed by atoms with E-state index in [-0.39, 0.29) is 0 Å². The fraction of sp³-hybridized carbons (Fsp3) is 0.600. The fourth-order valence-electron chi connectivity index (χ4n) is 2.69. The maximum atomic E-state index is 5.75. The average Bonchev–Trinajstić information content (AvgIpc) is 2.32. The van der Waals surface area contributed by atoms with Crippen LogP contribution in [0.25, 0.3) is 0 Å². The molecule has 0 aromatic heterocycles. The minimum Gasteiger partial charge on any atom is -0.399 e. The second kappa shape index (κ2) is 5.95. The molecule has 1 aromatic carbocycles. The van der Waals surface area contributed by atoms with E-state index in [1.807, 2.05) is 18.2 Å². The lowest BCUT2D eigenvalue weighted by atomic mass is 9.81. The molecule has 1 aliphatic rings. The molecule has 0 amide bonds. The molecule has 0 heterocycles. The molecule has 2 heteroatoms. The van der Waals surface area contributed by atoms with Crippen molar-refractivity contribution in [1.29, 1.82) is 0 Å². The highest BCUT2D eigenvalue weighted by Crippen LogP contribution is 2.30. The van der Waals surface area contributed by atoms with Crippen LogP contribution < -0.4 is 11.1 Å². The van der Waals surface area contributed by atoms with Crippen LogP contribution >= 0.6 is 0 Å². The molecular weight excluding hydrogens is 208 g/mol. The summed E-state index contributed by atoms with van der Waals surface area (Å²) in [5.41, 5.74) is 7.73. The van der Waals surface area contributed by atoms with Gasteiger partial charge in [-0.25, -0.2) is 0 Å². The number of nitrogen functional groups attached to an aromatic ring is 1. The lowest BCUT2D eigenvalue weighted by molar-refractivity contribution is 0.282. The Hall–Kier alpha value is -1.18. The molecule has 1 saturated carbocycles. The summed E-state index contributed by atoms with van der Waals surface area (Å²) >= 11 is 0. The largest absolute Gasteiger partial charge is 0.399 e. The molecule has 1 aliphatic carbocycles. The zero-order valence-electron chi connectivity index (χ0n) is 10.8. The SMILES string of the molecule is CC1CCC(CCNc2cccc(N)c2)CC1. The lowest BCUT2D eigenvalue weighted by Crippen LogP contribution is -2.15. The van der Waals surface area contributed by atoms with Crippen LogP contribution in [0.4, 0.5) is 11.4 Å². The van der Waals surface area contributed by atoms with Gasteiger partial charge in [-0.3, -0.25) is 0 Å². The highest BCUT2D eigenvalue weighted by Gasteiger charge is 2.17. The minimum atomic E-state index is 0.835. The van der Waals surface area contributed by atoms with Gasteiger partial charge < -0.3 is 11.1 Å². The first kappa shape index (κ1) is 12.3. The van der Waals surface area contributed by atoms with Crippen LogP contribution in [-0.4, -0.2) is 6.54 Å². The Labute approximate surface area is 105 Å². The fourth-order valence-corrected chi connectivity index (χ4v) is 2.69. The molecule has 0 radical (unpaired) electrons. The molecule has 1 fully saturated rings. The predicted molar refractivity (Wildman–Crippen MR) is 75.1 cm³/mol. The number of benzene rings is 1. The van der Waals surface area contributed by atoms with Gasteiger partial charge in [-0.1, -0.05) is 38.7 Å². The predicted octanol–water partition coefficient (Wildman–Crippen LogP) is 3.90. The van der Waals surface area contributed by atoms with E-state index in [9.17, 15) is 0 Å². The van der Waals surface area contributed by atoms with Crippen LogP contribution in [0.3, 0.4) is 0 Å². The second-order valence-corrected chi connectivity index (χ2v) is 5.47. The van der Waals surface area contributed by atoms with Crippen molar-refractivity contribution in [3.8, 4) is 0 Å². The van der Waals surface area contributed by atoms with Crippen molar-refractivity contribution >= 4 is 11.4 Å². The summed E-state index contributed by atoms with van der Waals surface area (Å²) in [4.78, 5) is 0. The summed E-state index contributed by atoms with van der Waals surface area (Å²) < 4.78 is 0. The first-order chi connectivity index (χ1) is 8.24. The monoisotopic (exact) mass is 232 g/mol. The van der Waals surface area contributed by atoms with Crippen LogP contribution in [0.2, 0.25) is 0 Å². The van der Waals surface area contributed by atoms with Gasteiger partial charge in [0.1, 0.15) is 0 Å². The summed E-state index contributed by atoms with van der Waals surface area (Å²) in [7, 11) is 0. The Morgan fingerprint density at radius 2 is 2.00 bits per heavy atom. The summed E-state index contributed by atoms with van der Waals surface area (Å²) in [5.74, 6) is 1.88. The molecule has 0 unspecified atom stereocenters. The van der Waals surface area contributed by atoms with E-state index in [1.54, 1.807) is 0 Å². The third-order valence-electron chi connectivity index (χ3n) is 3.90. The van der Waals surface area contributed by atoms with Crippen molar-refractivity contribution in [2.45, 2.75) is 39.0 Å². The highest BCUT2D eigenvalue weighted by molar-refractivity contribution is 5.53.